The number of carbonyl (C=O) groups is 1. The van der Waals surface area contributed by atoms with Crippen molar-refractivity contribution >= 4 is 5.91 Å². The normalized spacial score (nSPS) is 31.3. The van der Waals surface area contributed by atoms with Crippen molar-refractivity contribution in [1.82, 2.24) is 10.2 Å². The van der Waals surface area contributed by atoms with Crippen molar-refractivity contribution in [3.63, 3.8) is 0 Å². The van der Waals surface area contributed by atoms with Gasteiger partial charge in [0.05, 0.1) is 6.54 Å². The molecule has 1 amide bonds. The third-order valence-corrected chi connectivity index (χ3v) is 6.51. The third kappa shape index (κ3) is 3.39. The van der Waals surface area contributed by atoms with Gasteiger partial charge in [-0.15, -0.1) is 0 Å². The fourth-order valence-electron chi connectivity index (χ4n) is 5.21. The molecule has 1 aromatic heterocycles. The molecule has 0 aromatic carbocycles. The molecule has 4 rings (SSSR count). The smallest absolute Gasteiger partial charge is 0.287 e. The first-order chi connectivity index (χ1) is 11.7. The highest BCUT2D eigenvalue weighted by Gasteiger charge is 2.42. The van der Waals surface area contributed by atoms with Crippen LogP contribution in [0.5, 0.6) is 0 Å². The van der Waals surface area contributed by atoms with E-state index in [0.29, 0.717) is 11.7 Å². The number of hydrogen-bond donors (Lipinski definition) is 1. The third-order valence-electron chi connectivity index (χ3n) is 6.51. The second-order valence-corrected chi connectivity index (χ2v) is 8.20. The van der Waals surface area contributed by atoms with Crippen LogP contribution in [0.2, 0.25) is 0 Å². The average Bonchev–Trinajstić information content (AvgIpc) is 3.32. The second kappa shape index (κ2) is 6.91. The Balaban J connectivity index is 1.31. The Kier molecular flexibility index (Phi) is 4.66. The Bertz CT molecular complexity index is 576. The lowest BCUT2D eigenvalue weighted by atomic mass is 9.84. The predicted molar refractivity (Wildman–Crippen MR) is 93.7 cm³/mol. The number of nitrogens with one attached hydrogen (secondary N) is 1. The van der Waals surface area contributed by atoms with Gasteiger partial charge in [0.1, 0.15) is 5.76 Å². The van der Waals surface area contributed by atoms with Gasteiger partial charge in [0.15, 0.2) is 5.76 Å². The van der Waals surface area contributed by atoms with Crippen LogP contribution in [0.25, 0.3) is 0 Å². The van der Waals surface area contributed by atoms with Crippen LogP contribution in [0.4, 0.5) is 0 Å². The molecular weight excluding hydrogens is 300 g/mol. The first kappa shape index (κ1) is 16.2. The Morgan fingerprint density at radius 1 is 1.25 bits per heavy atom. The van der Waals surface area contributed by atoms with E-state index < -0.39 is 0 Å². The van der Waals surface area contributed by atoms with E-state index in [0.717, 1.165) is 37.2 Å². The van der Waals surface area contributed by atoms with E-state index in [1.807, 2.05) is 12.1 Å². The molecule has 2 bridgehead atoms. The molecule has 24 heavy (non-hydrogen) atoms. The van der Waals surface area contributed by atoms with Gasteiger partial charge < -0.3 is 9.73 Å². The SMILES string of the molecule is CC(NC(=O)c1ccc(CN2CCCCC2)o1)C1CC2CCC1C2. The molecule has 4 atom stereocenters. The molecule has 132 valence electrons. The minimum absolute atomic E-state index is 0.0461. The Morgan fingerprint density at radius 2 is 2.08 bits per heavy atom. The van der Waals surface area contributed by atoms with Crippen molar-refractivity contribution in [2.75, 3.05) is 13.1 Å². The van der Waals surface area contributed by atoms with Crippen LogP contribution in [-0.4, -0.2) is 29.9 Å². The molecule has 0 radical (unpaired) electrons. The zero-order valence-electron chi connectivity index (χ0n) is 14.8. The van der Waals surface area contributed by atoms with E-state index in [1.165, 1.54) is 44.9 Å². The maximum absolute atomic E-state index is 12.5. The highest BCUT2D eigenvalue weighted by molar-refractivity contribution is 5.91. The number of hydrogen-bond acceptors (Lipinski definition) is 3. The number of likely N-dealkylation sites (tertiary alicyclic amines) is 1. The summed E-state index contributed by atoms with van der Waals surface area (Å²) < 4.78 is 5.82. The van der Waals surface area contributed by atoms with Crippen LogP contribution in [0.3, 0.4) is 0 Å². The predicted octanol–water partition coefficient (Wildman–Crippen LogP) is 3.82. The summed E-state index contributed by atoms with van der Waals surface area (Å²) in [7, 11) is 0. The van der Waals surface area contributed by atoms with Gasteiger partial charge >= 0.3 is 0 Å². The molecule has 2 heterocycles. The Morgan fingerprint density at radius 3 is 2.79 bits per heavy atom. The van der Waals surface area contributed by atoms with Gasteiger partial charge in [0, 0.05) is 6.04 Å². The van der Waals surface area contributed by atoms with Gasteiger partial charge in [-0.2, -0.15) is 0 Å². The molecule has 2 aliphatic carbocycles. The van der Waals surface area contributed by atoms with E-state index in [9.17, 15) is 4.79 Å². The maximum atomic E-state index is 12.5. The summed E-state index contributed by atoms with van der Waals surface area (Å²) >= 11 is 0. The van der Waals surface area contributed by atoms with E-state index in [-0.39, 0.29) is 11.9 Å². The summed E-state index contributed by atoms with van der Waals surface area (Å²) in [6.07, 6.45) is 9.32. The molecular formula is C20H30N2O2. The number of furan rings is 1. The molecule has 1 N–H and O–H groups in total. The van der Waals surface area contributed by atoms with E-state index in [1.54, 1.807) is 0 Å². The van der Waals surface area contributed by atoms with Gasteiger partial charge in [-0.3, -0.25) is 9.69 Å². The fraction of sp³-hybridized carbons (Fsp3) is 0.750. The van der Waals surface area contributed by atoms with Crippen LogP contribution < -0.4 is 5.32 Å². The monoisotopic (exact) mass is 330 g/mol. The number of nitrogens with zero attached hydrogens (tertiary/aromatic N) is 1. The lowest BCUT2D eigenvalue weighted by Gasteiger charge is -2.28. The largest absolute Gasteiger partial charge is 0.455 e. The van der Waals surface area contributed by atoms with Gasteiger partial charge in [0.25, 0.3) is 5.91 Å². The average molecular weight is 330 g/mol. The Labute approximate surface area is 145 Å². The molecule has 0 spiro atoms. The molecule has 1 saturated heterocycles. The highest BCUT2D eigenvalue weighted by Crippen LogP contribution is 2.49. The van der Waals surface area contributed by atoms with Crippen molar-refractivity contribution in [2.45, 2.75) is 64.5 Å². The number of piperidine rings is 1. The van der Waals surface area contributed by atoms with E-state index >= 15 is 0 Å². The van der Waals surface area contributed by atoms with Gasteiger partial charge in [-0.1, -0.05) is 12.8 Å². The highest BCUT2D eigenvalue weighted by atomic mass is 16.4. The minimum Gasteiger partial charge on any atom is -0.455 e. The zero-order chi connectivity index (χ0) is 16.5. The summed E-state index contributed by atoms with van der Waals surface area (Å²) in [5.74, 6) is 3.74. The Hall–Kier alpha value is -1.29. The summed E-state index contributed by atoms with van der Waals surface area (Å²) in [5, 5.41) is 3.19. The summed E-state index contributed by atoms with van der Waals surface area (Å²) in [5.41, 5.74) is 0. The number of carbonyl (C=O) groups excluding carboxylic acids is 1. The zero-order valence-corrected chi connectivity index (χ0v) is 14.8. The lowest BCUT2D eigenvalue weighted by Crippen LogP contribution is -2.40. The molecule has 4 unspecified atom stereocenters. The first-order valence-electron chi connectivity index (χ1n) is 9.81. The lowest BCUT2D eigenvalue weighted by molar-refractivity contribution is 0.0882. The summed E-state index contributed by atoms with van der Waals surface area (Å²) in [6.45, 7) is 5.28. The molecule has 1 aliphatic heterocycles. The quantitative estimate of drug-likeness (QED) is 0.892. The maximum Gasteiger partial charge on any atom is 0.287 e. The van der Waals surface area contributed by atoms with Gasteiger partial charge in [0.2, 0.25) is 0 Å². The van der Waals surface area contributed by atoms with Crippen molar-refractivity contribution in [3.8, 4) is 0 Å². The van der Waals surface area contributed by atoms with Crippen LogP contribution in [0.15, 0.2) is 16.5 Å². The van der Waals surface area contributed by atoms with Crippen LogP contribution in [0, 0.1) is 17.8 Å². The van der Waals surface area contributed by atoms with Gasteiger partial charge in [-0.25, -0.2) is 0 Å². The van der Waals surface area contributed by atoms with Crippen molar-refractivity contribution in [1.29, 1.82) is 0 Å². The van der Waals surface area contributed by atoms with Crippen molar-refractivity contribution in [3.05, 3.63) is 23.7 Å². The summed E-state index contributed by atoms with van der Waals surface area (Å²) in [4.78, 5) is 14.9. The second-order valence-electron chi connectivity index (χ2n) is 8.20. The van der Waals surface area contributed by atoms with E-state index in [4.69, 9.17) is 4.42 Å². The van der Waals surface area contributed by atoms with Crippen molar-refractivity contribution in [2.24, 2.45) is 17.8 Å². The van der Waals surface area contributed by atoms with E-state index in [2.05, 4.69) is 17.1 Å². The minimum atomic E-state index is -0.0461. The van der Waals surface area contributed by atoms with Crippen LogP contribution in [-0.2, 0) is 6.54 Å². The molecule has 3 aliphatic rings. The summed E-state index contributed by atoms with van der Waals surface area (Å²) in [6, 6.07) is 4.05. The number of amides is 1. The van der Waals surface area contributed by atoms with Crippen LogP contribution >= 0.6 is 0 Å². The topological polar surface area (TPSA) is 45.5 Å². The molecule has 2 saturated carbocycles. The number of fused-ring (bicyclic) bond motifs is 2. The number of rotatable bonds is 5. The standard InChI is InChI=1S/C20H30N2O2/c1-14(18-12-15-5-6-16(18)11-15)21-20(23)19-8-7-17(24-19)13-22-9-3-2-4-10-22/h7-8,14-16,18H,2-6,9-13H2,1H3,(H,21,23). The molecule has 1 aromatic rings. The van der Waals surface area contributed by atoms with Crippen molar-refractivity contribution < 1.29 is 9.21 Å². The molecule has 4 heteroatoms. The van der Waals surface area contributed by atoms with Crippen LogP contribution in [0.1, 0.15) is 68.2 Å². The molecule has 3 fully saturated rings. The first-order valence-corrected chi connectivity index (χ1v) is 9.81. The van der Waals surface area contributed by atoms with Gasteiger partial charge in [-0.05, 0) is 82.0 Å². The fourth-order valence-corrected chi connectivity index (χ4v) is 5.21. The molecule has 4 nitrogen and oxygen atoms in total.